The van der Waals surface area contributed by atoms with Gasteiger partial charge < -0.3 is 9.08 Å². The first kappa shape index (κ1) is 14.6. The molecule has 3 atom stereocenters. The smallest absolute Gasteiger partial charge is 0.233 e. The van der Waals surface area contributed by atoms with E-state index >= 15 is 0 Å². The minimum absolute atomic E-state index is 0.140. The number of aryl methyl sites for hydroxylation is 1. The lowest BCUT2D eigenvalue weighted by Crippen LogP contribution is -2.48. The van der Waals surface area contributed by atoms with E-state index in [1.54, 1.807) is 0 Å². The highest BCUT2D eigenvalue weighted by atomic mass is 32.2. The normalized spacial score (nSPS) is 31.8. The molecule has 0 aliphatic carbocycles. The van der Waals surface area contributed by atoms with Crippen LogP contribution in [0.25, 0.3) is 0 Å². The summed E-state index contributed by atoms with van der Waals surface area (Å²) in [4.78, 5) is 15.3. The Kier molecular flexibility index (Phi) is 4.18. The third kappa shape index (κ3) is 2.69. The summed E-state index contributed by atoms with van der Waals surface area (Å²) in [6.07, 6.45) is 4.11. The predicted octanol–water partition coefficient (Wildman–Crippen LogP) is 2.89. The number of amides is 1. The zero-order valence-corrected chi connectivity index (χ0v) is 14.1. The minimum atomic E-state index is -0.421. The fraction of sp³-hybridized carbons (Fsp3) is 0.588. The van der Waals surface area contributed by atoms with Crippen molar-refractivity contribution in [3.63, 3.8) is 0 Å². The van der Waals surface area contributed by atoms with Crippen LogP contribution in [0.4, 0.5) is 0 Å². The molecule has 2 fully saturated rings. The standard InChI is InChI=1S/C17H23BNO2S/c1-12-6-8-13(9-7-12)17(2)10-14-4-3-5-15(11-21-22-18)19(14)16(17)20/h6-9,14-15,18H,3-5,10-11H2,1-2H3/t14-,15-,17+/m1/s1/i18T. The highest BCUT2D eigenvalue weighted by Crippen LogP contribution is 2.44. The maximum absolute atomic E-state index is 13.2. The number of rotatable bonds is 5. The molecule has 117 valence electrons. The van der Waals surface area contributed by atoms with Gasteiger partial charge in [0.1, 0.15) is 0 Å². The quantitative estimate of drug-likeness (QED) is 0.475. The van der Waals surface area contributed by atoms with Crippen LogP contribution in [0.15, 0.2) is 24.3 Å². The van der Waals surface area contributed by atoms with E-state index in [1.165, 1.54) is 12.7 Å². The Morgan fingerprint density at radius 3 is 2.95 bits per heavy atom. The molecule has 1 aromatic rings. The molecule has 1 radical (unpaired) electrons. The van der Waals surface area contributed by atoms with Crippen LogP contribution < -0.4 is 0 Å². The number of carbonyl (C=O) groups is 1. The van der Waals surface area contributed by atoms with Crippen molar-refractivity contribution in [2.75, 3.05) is 6.61 Å². The molecule has 0 unspecified atom stereocenters. The second-order valence-corrected chi connectivity index (χ2v) is 7.16. The molecule has 1 amide bonds. The fourth-order valence-electron chi connectivity index (χ4n) is 3.99. The van der Waals surface area contributed by atoms with Crippen LogP contribution in [0, 0.1) is 6.92 Å². The highest BCUT2D eigenvalue weighted by Gasteiger charge is 2.52. The van der Waals surface area contributed by atoms with E-state index in [0.29, 0.717) is 12.6 Å². The molecule has 0 N–H and O–H groups in total. The maximum Gasteiger partial charge on any atom is 0.233 e. The zero-order valence-electron chi connectivity index (χ0n) is 14.2. The Morgan fingerprint density at radius 1 is 1.45 bits per heavy atom. The molecule has 2 aliphatic heterocycles. The van der Waals surface area contributed by atoms with E-state index in [-0.39, 0.29) is 11.9 Å². The molecule has 0 saturated carbocycles. The summed E-state index contributed by atoms with van der Waals surface area (Å²) >= 11 is 1.04. The van der Waals surface area contributed by atoms with E-state index in [0.717, 1.165) is 43.1 Å². The van der Waals surface area contributed by atoms with Crippen LogP contribution in [0.3, 0.4) is 0 Å². The van der Waals surface area contributed by atoms with Crippen molar-refractivity contribution in [2.24, 2.45) is 0 Å². The average Bonchev–Trinajstić information content (AvgIpc) is 2.81. The van der Waals surface area contributed by atoms with Gasteiger partial charge in [-0.3, -0.25) is 4.79 Å². The van der Waals surface area contributed by atoms with E-state index < -0.39 is 5.41 Å². The highest BCUT2D eigenvalue weighted by molar-refractivity contribution is 8.15. The second-order valence-electron chi connectivity index (χ2n) is 6.73. The molecule has 2 heterocycles. The van der Waals surface area contributed by atoms with Gasteiger partial charge in [0.25, 0.3) is 0 Å². The molecule has 5 heteroatoms. The second kappa shape index (κ2) is 6.28. The fourth-order valence-corrected chi connectivity index (χ4v) is 4.22. The van der Waals surface area contributed by atoms with Crippen molar-refractivity contribution < 1.29 is 8.98 Å². The lowest BCUT2D eigenvalue weighted by atomic mass is 9.79. The summed E-state index contributed by atoms with van der Waals surface area (Å²) in [7, 11) is 1.18. The van der Waals surface area contributed by atoms with E-state index in [1.807, 2.05) is 0 Å². The summed E-state index contributed by atoms with van der Waals surface area (Å²) in [5, 5.41) is 0. The Morgan fingerprint density at radius 2 is 2.23 bits per heavy atom. The first-order valence-corrected chi connectivity index (χ1v) is 8.75. The van der Waals surface area contributed by atoms with Crippen molar-refractivity contribution in [1.29, 1.82) is 1.34 Å². The molecule has 2 saturated heterocycles. The number of benzene rings is 1. The molecule has 0 bridgehead atoms. The number of hydrogen-bond donors (Lipinski definition) is 0. The number of fused-ring (bicyclic) bond motifs is 1. The number of piperidine rings is 1. The molecular formula is C17H23BNO2S. The van der Waals surface area contributed by atoms with E-state index in [4.69, 9.17) is 5.52 Å². The zero-order chi connectivity index (χ0) is 16.4. The Labute approximate surface area is 139 Å². The number of nitrogens with zero attached hydrogens (tertiary/aromatic N) is 1. The van der Waals surface area contributed by atoms with Gasteiger partial charge >= 0.3 is 0 Å². The van der Waals surface area contributed by atoms with Crippen LogP contribution in [0.2, 0.25) is 0 Å². The van der Waals surface area contributed by atoms with Crippen LogP contribution >= 0.6 is 11.9 Å². The summed E-state index contributed by atoms with van der Waals surface area (Å²) < 4.78 is 12.5. The van der Waals surface area contributed by atoms with E-state index in [2.05, 4.69) is 43.0 Å². The molecule has 22 heavy (non-hydrogen) atoms. The Hall–Kier alpha value is -0.935. The van der Waals surface area contributed by atoms with Gasteiger partial charge in [-0.25, -0.2) is 0 Å². The van der Waals surface area contributed by atoms with Crippen molar-refractivity contribution in [3.8, 4) is 0 Å². The third-order valence-corrected chi connectivity index (χ3v) is 5.50. The maximum atomic E-state index is 13.2. The first-order chi connectivity index (χ1) is 11.1. The van der Waals surface area contributed by atoms with Gasteiger partial charge in [0, 0.05) is 6.04 Å². The van der Waals surface area contributed by atoms with Gasteiger partial charge in [-0.2, -0.15) is 0 Å². The van der Waals surface area contributed by atoms with Gasteiger partial charge in [0.2, 0.25) is 13.0 Å². The monoisotopic (exact) mass is 318 g/mol. The molecule has 3 nitrogen and oxygen atoms in total. The lowest BCUT2D eigenvalue weighted by molar-refractivity contribution is -0.137. The molecular weight excluding hydrogens is 293 g/mol. The van der Waals surface area contributed by atoms with Gasteiger partial charge in [-0.05, 0) is 46.4 Å². The average molecular weight is 318 g/mol. The SMILES string of the molecule is [3H][B]SOC[C@H]1CCC[C@@H]2C[C@@](C)(c3ccc(C)cc3)C(=O)N12. The largest absolute Gasteiger partial charge is 0.334 e. The van der Waals surface area contributed by atoms with Gasteiger partial charge in [0.05, 0.1) is 18.1 Å². The van der Waals surface area contributed by atoms with Crippen LogP contribution in [-0.4, -0.2) is 37.9 Å². The van der Waals surface area contributed by atoms with Crippen LogP contribution in [-0.2, 0) is 14.4 Å². The summed E-state index contributed by atoms with van der Waals surface area (Å²) in [5.74, 6) is 0.236. The van der Waals surface area contributed by atoms with Gasteiger partial charge in [0.15, 0.2) is 0 Å². The van der Waals surface area contributed by atoms with Crippen LogP contribution in [0.5, 0.6) is 0 Å². The third-order valence-electron chi connectivity index (χ3n) is 5.23. The predicted molar refractivity (Wildman–Crippen MR) is 92.1 cm³/mol. The summed E-state index contributed by atoms with van der Waals surface area (Å²) in [6, 6.07) is 8.84. The number of carbonyl (C=O) groups excluding carboxylic acids is 1. The lowest BCUT2D eigenvalue weighted by Gasteiger charge is -2.37. The molecule has 2 aliphatic rings. The Balaban J connectivity index is 1.81. The summed E-state index contributed by atoms with van der Waals surface area (Å²) in [5.41, 5.74) is 1.92. The molecule has 0 aromatic heterocycles. The minimum Gasteiger partial charge on any atom is -0.334 e. The van der Waals surface area contributed by atoms with Crippen molar-refractivity contribution in [2.45, 2.75) is 57.0 Å². The number of hydrogen-bond acceptors (Lipinski definition) is 3. The topological polar surface area (TPSA) is 29.5 Å². The van der Waals surface area contributed by atoms with Gasteiger partial charge in [-0.1, -0.05) is 41.7 Å². The first-order valence-electron chi connectivity index (χ1n) is 8.52. The van der Waals surface area contributed by atoms with Crippen LogP contribution in [0.1, 0.15) is 43.7 Å². The Bertz CT molecular complexity index is 570. The van der Waals surface area contributed by atoms with Crippen molar-refractivity contribution in [3.05, 3.63) is 35.4 Å². The molecule has 0 spiro atoms. The molecule has 3 rings (SSSR count). The van der Waals surface area contributed by atoms with E-state index in [9.17, 15) is 4.79 Å². The summed E-state index contributed by atoms with van der Waals surface area (Å²) in [6.45, 7) is 4.66. The van der Waals surface area contributed by atoms with Crippen molar-refractivity contribution >= 4 is 24.9 Å². The van der Waals surface area contributed by atoms with Crippen molar-refractivity contribution in [1.82, 2.24) is 4.90 Å². The van der Waals surface area contributed by atoms with Gasteiger partial charge in [-0.15, -0.1) is 0 Å². The molecule has 1 aromatic carbocycles.